The van der Waals surface area contributed by atoms with Gasteiger partial charge in [0.2, 0.25) is 0 Å². The number of nitrogens with zero attached hydrogens (tertiary/aromatic N) is 1. The maximum absolute atomic E-state index is 12.8. The normalized spacial score (nSPS) is 14.9. The molecule has 2 rings (SSSR count). The summed E-state index contributed by atoms with van der Waals surface area (Å²) < 4.78 is 11.0. The van der Waals surface area contributed by atoms with E-state index in [-0.39, 0.29) is 18.3 Å². The number of carbonyl (C=O) groups excluding carboxylic acids is 1. The van der Waals surface area contributed by atoms with Gasteiger partial charge in [-0.25, -0.2) is 0 Å². The van der Waals surface area contributed by atoms with Crippen molar-refractivity contribution >= 4 is 18.3 Å². The first kappa shape index (κ1) is 21.7. The minimum absolute atomic E-state index is 0. The van der Waals surface area contributed by atoms with Gasteiger partial charge in [0.05, 0.1) is 12.2 Å². The van der Waals surface area contributed by atoms with Gasteiger partial charge in [0.15, 0.2) is 0 Å². The Morgan fingerprint density at radius 2 is 1.96 bits per heavy atom. The fraction of sp³-hybridized carbons (Fsp3) is 0.632. The van der Waals surface area contributed by atoms with Crippen LogP contribution in [0.2, 0.25) is 0 Å². The van der Waals surface area contributed by atoms with E-state index in [0.717, 1.165) is 38.4 Å². The van der Waals surface area contributed by atoms with Gasteiger partial charge in [0.1, 0.15) is 12.4 Å². The number of benzene rings is 1. The molecule has 1 aliphatic rings. The van der Waals surface area contributed by atoms with Crippen molar-refractivity contribution < 1.29 is 14.3 Å². The molecule has 1 saturated heterocycles. The summed E-state index contributed by atoms with van der Waals surface area (Å²) in [5.74, 6) is 1.45. The van der Waals surface area contributed by atoms with Crippen LogP contribution in [-0.2, 0) is 4.74 Å². The Hall–Kier alpha value is -1.30. The zero-order valence-corrected chi connectivity index (χ0v) is 16.1. The van der Waals surface area contributed by atoms with Crippen molar-refractivity contribution in [2.45, 2.75) is 26.2 Å². The fourth-order valence-electron chi connectivity index (χ4n) is 3.07. The number of halogens is 1. The van der Waals surface area contributed by atoms with Gasteiger partial charge in [-0.05, 0) is 57.8 Å². The molecule has 6 heteroatoms. The Kier molecular flexibility index (Phi) is 10.5. The van der Waals surface area contributed by atoms with Gasteiger partial charge in [-0.3, -0.25) is 4.79 Å². The van der Waals surface area contributed by atoms with Crippen molar-refractivity contribution in [2.75, 3.05) is 46.5 Å². The van der Waals surface area contributed by atoms with E-state index in [9.17, 15) is 4.79 Å². The van der Waals surface area contributed by atoms with Crippen LogP contribution in [0, 0.1) is 5.92 Å². The van der Waals surface area contributed by atoms with E-state index in [1.54, 1.807) is 0 Å². The van der Waals surface area contributed by atoms with Crippen LogP contribution in [0.15, 0.2) is 24.3 Å². The van der Waals surface area contributed by atoms with Crippen molar-refractivity contribution in [3.05, 3.63) is 29.8 Å². The van der Waals surface area contributed by atoms with Crippen molar-refractivity contribution in [1.29, 1.82) is 0 Å². The number of hydrogen-bond donors (Lipinski definition) is 1. The second-order valence-electron chi connectivity index (χ2n) is 6.17. The highest BCUT2D eigenvalue weighted by molar-refractivity contribution is 5.97. The van der Waals surface area contributed by atoms with E-state index in [2.05, 4.69) is 5.32 Å². The number of rotatable bonds is 9. The molecule has 1 aromatic carbocycles. The summed E-state index contributed by atoms with van der Waals surface area (Å²) in [6.07, 6.45) is 3.36. The minimum atomic E-state index is 0. The van der Waals surface area contributed by atoms with E-state index in [4.69, 9.17) is 9.47 Å². The molecular formula is C19H31ClN2O3. The third kappa shape index (κ3) is 6.84. The molecule has 0 aromatic heterocycles. The van der Waals surface area contributed by atoms with Crippen LogP contribution in [0.5, 0.6) is 5.75 Å². The molecule has 0 spiro atoms. The van der Waals surface area contributed by atoms with Gasteiger partial charge >= 0.3 is 0 Å². The highest BCUT2D eigenvalue weighted by Gasteiger charge is 2.25. The third-order valence-electron chi connectivity index (χ3n) is 4.51. The third-order valence-corrected chi connectivity index (χ3v) is 4.51. The molecule has 1 aliphatic heterocycles. The smallest absolute Gasteiger partial charge is 0.257 e. The molecule has 0 atom stereocenters. The van der Waals surface area contributed by atoms with Gasteiger partial charge in [-0.2, -0.15) is 0 Å². The lowest BCUT2D eigenvalue weighted by molar-refractivity contribution is 0.0678. The maximum Gasteiger partial charge on any atom is 0.257 e. The van der Waals surface area contributed by atoms with Crippen molar-refractivity contribution in [3.63, 3.8) is 0 Å². The number of hydrogen-bond acceptors (Lipinski definition) is 4. The Morgan fingerprint density at radius 3 is 2.64 bits per heavy atom. The zero-order chi connectivity index (χ0) is 17.2. The van der Waals surface area contributed by atoms with Crippen LogP contribution < -0.4 is 10.1 Å². The Morgan fingerprint density at radius 1 is 1.24 bits per heavy atom. The molecule has 1 aromatic rings. The highest BCUT2D eigenvalue weighted by Crippen LogP contribution is 2.25. The van der Waals surface area contributed by atoms with E-state index in [0.29, 0.717) is 31.1 Å². The van der Waals surface area contributed by atoms with Crippen LogP contribution in [0.1, 0.15) is 36.5 Å². The molecule has 0 unspecified atom stereocenters. The Bertz CT molecular complexity index is 505. The molecule has 25 heavy (non-hydrogen) atoms. The quantitative estimate of drug-likeness (QED) is 0.679. The zero-order valence-electron chi connectivity index (χ0n) is 15.3. The standard InChI is InChI=1S/C19H30N2O3.ClH/c1-3-23-14-15-24-18-7-5-4-6-17(18)19(22)21-12-9-16(10-13-21)8-11-20-2;/h4-7,16,20H,3,8-15H2,1-2H3;1H. The summed E-state index contributed by atoms with van der Waals surface area (Å²) in [6, 6.07) is 7.50. The second-order valence-corrected chi connectivity index (χ2v) is 6.17. The average Bonchev–Trinajstić information content (AvgIpc) is 2.64. The van der Waals surface area contributed by atoms with Crippen molar-refractivity contribution in [3.8, 4) is 5.75 Å². The Labute approximate surface area is 157 Å². The fourth-order valence-corrected chi connectivity index (χ4v) is 3.07. The van der Waals surface area contributed by atoms with Crippen LogP contribution in [0.3, 0.4) is 0 Å². The largest absolute Gasteiger partial charge is 0.490 e. The van der Waals surface area contributed by atoms with E-state index >= 15 is 0 Å². The molecule has 0 saturated carbocycles. The molecule has 142 valence electrons. The molecule has 1 heterocycles. The molecular weight excluding hydrogens is 340 g/mol. The lowest BCUT2D eigenvalue weighted by Crippen LogP contribution is -2.39. The number of piperidine rings is 1. The molecule has 1 fully saturated rings. The average molecular weight is 371 g/mol. The molecule has 5 nitrogen and oxygen atoms in total. The first-order valence-corrected chi connectivity index (χ1v) is 8.99. The first-order chi connectivity index (χ1) is 11.8. The molecule has 0 radical (unpaired) electrons. The van der Waals surface area contributed by atoms with Gasteiger partial charge in [-0.15, -0.1) is 12.4 Å². The van der Waals surface area contributed by atoms with E-state index in [1.165, 1.54) is 6.42 Å². The predicted molar refractivity (Wildman–Crippen MR) is 103 cm³/mol. The van der Waals surface area contributed by atoms with Crippen LogP contribution >= 0.6 is 12.4 Å². The molecule has 0 aliphatic carbocycles. The maximum atomic E-state index is 12.8. The van der Waals surface area contributed by atoms with Crippen molar-refractivity contribution in [2.24, 2.45) is 5.92 Å². The summed E-state index contributed by atoms with van der Waals surface area (Å²) in [5, 5.41) is 3.20. The number of nitrogens with one attached hydrogen (secondary N) is 1. The number of amides is 1. The van der Waals surface area contributed by atoms with Gasteiger partial charge in [0, 0.05) is 19.7 Å². The molecule has 1 amide bonds. The second kappa shape index (κ2) is 12.1. The van der Waals surface area contributed by atoms with Gasteiger partial charge < -0.3 is 19.7 Å². The molecule has 0 bridgehead atoms. The summed E-state index contributed by atoms with van der Waals surface area (Å²) in [7, 11) is 1.99. The number of para-hydroxylation sites is 1. The van der Waals surface area contributed by atoms with Gasteiger partial charge in [0.25, 0.3) is 5.91 Å². The van der Waals surface area contributed by atoms with Crippen LogP contribution in [-0.4, -0.2) is 57.3 Å². The van der Waals surface area contributed by atoms with Crippen LogP contribution in [0.25, 0.3) is 0 Å². The van der Waals surface area contributed by atoms with E-state index in [1.807, 2.05) is 43.1 Å². The summed E-state index contributed by atoms with van der Waals surface area (Å²) >= 11 is 0. The Balaban J connectivity index is 0.00000312. The number of likely N-dealkylation sites (tertiary alicyclic amines) is 1. The number of carbonyl (C=O) groups is 1. The minimum Gasteiger partial charge on any atom is -0.490 e. The lowest BCUT2D eigenvalue weighted by Gasteiger charge is -2.32. The lowest BCUT2D eigenvalue weighted by atomic mass is 9.93. The van der Waals surface area contributed by atoms with Gasteiger partial charge in [-0.1, -0.05) is 12.1 Å². The predicted octanol–water partition coefficient (Wildman–Crippen LogP) is 2.99. The SMILES string of the molecule is CCOCCOc1ccccc1C(=O)N1CCC(CCNC)CC1.Cl. The topological polar surface area (TPSA) is 50.8 Å². The van der Waals surface area contributed by atoms with Crippen LogP contribution in [0.4, 0.5) is 0 Å². The highest BCUT2D eigenvalue weighted by atomic mass is 35.5. The summed E-state index contributed by atoms with van der Waals surface area (Å²) in [6.45, 7) is 6.35. The van der Waals surface area contributed by atoms with Crippen molar-refractivity contribution in [1.82, 2.24) is 10.2 Å². The van der Waals surface area contributed by atoms with E-state index < -0.39 is 0 Å². The summed E-state index contributed by atoms with van der Waals surface area (Å²) in [4.78, 5) is 14.8. The first-order valence-electron chi connectivity index (χ1n) is 8.99. The monoisotopic (exact) mass is 370 g/mol. The summed E-state index contributed by atoms with van der Waals surface area (Å²) in [5.41, 5.74) is 0.655. The molecule has 1 N–H and O–H groups in total. The number of ether oxygens (including phenoxy) is 2.